The van der Waals surface area contributed by atoms with Crippen LogP contribution in [-0.4, -0.2) is 42.4 Å². The quantitative estimate of drug-likeness (QED) is 0.282. The molecule has 2 aliphatic rings. The average Bonchev–Trinajstić information content (AvgIpc) is 3.55. The largest absolute Gasteiger partial charge is 0.459 e. The lowest BCUT2D eigenvalue weighted by molar-refractivity contribution is -0.121. The zero-order valence-electron chi connectivity index (χ0n) is 24.7. The topological polar surface area (TPSA) is 65.8 Å². The number of hydrogen-bond donors (Lipinski definition) is 1. The molecule has 2 fully saturated rings. The van der Waals surface area contributed by atoms with Crippen LogP contribution in [0.1, 0.15) is 80.0 Å². The summed E-state index contributed by atoms with van der Waals surface area (Å²) in [7, 11) is 0. The van der Waals surface area contributed by atoms with Gasteiger partial charge in [-0.05, 0) is 93.8 Å². The number of likely N-dealkylation sites (tertiary alicyclic amines) is 1. The standard InChI is InChI=1S/C35H45N3O3/c1-26-16-18-30(19-17-26)38(35(40)33-15-9-25-41-33)31-20-23-37(24-21-31)22-8-13-29-12-6-7-14-32(29)36-34(39)27(2)28-10-4-3-5-11-28/h6-7,9,12,14-19,25,27-28,31H,3-5,8,10-11,13,20-24H2,1-2H3,(H,36,39). The predicted molar refractivity (Wildman–Crippen MR) is 165 cm³/mol. The van der Waals surface area contributed by atoms with Gasteiger partial charge >= 0.3 is 0 Å². The van der Waals surface area contributed by atoms with Crippen LogP contribution in [0.3, 0.4) is 0 Å². The fourth-order valence-electron chi connectivity index (χ4n) is 6.57. The molecular weight excluding hydrogens is 510 g/mol. The number of rotatable bonds is 10. The van der Waals surface area contributed by atoms with E-state index in [2.05, 4.69) is 48.3 Å². The van der Waals surface area contributed by atoms with Gasteiger partial charge in [-0.3, -0.25) is 9.59 Å². The van der Waals surface area contributed by atoms with Gasteiger partial charge in [0.2, 0.25) is 5.91 Å². The maximum atomic E-state index is 13.4. The molecule has 41 heavy (non-hydrogen) atoms. The Labute approximate surface area is 245 Å². The molecule has 5 rings (SSSR count). The molecule has 6 heteroatoms. The number of nitrogens with one attached hydrogen (secondary N) is 1. The maximum absolute atomic E-state index is 13.4. The lowest BCUT2D eigenvalue weighted by atomic mass is 9.80. The Kier molecular flexibility index (Phi) is 9.94. The summed E-state index contributed by atoms with van der Waals surface area (Å²) in [6, 6.07) is 20.1. The number of aryl methyl sites for hydroxylation is 2. The van der Waals surface area contributed by atoms with E-state index in [4.69, 9.17) is 4.42 Å². The van der Waals surface area contributed by atoms with E-state index < -0.39 is 0 Å². The minimum atomic E-state index is -0.0752. The molecule has 0 radical (unpaired) electrons. The molecule has 218 valence electrons. The number of carbonyl (C=O) groups is 2. The van der Waals surface area contributed by atoms with E-state index in [1.165, 1.54) is 43.2 Å². The number of furan rings is 1. The van der Waals surface area contributed by atoms with Crippen LogP contribution in [0.2, 0.25) is 0 Å². The Bertz CT molecular complexity index is 1260. The van der Waals surface area contributed by atoms with E-state index >= 15 is 0 Å². The van der Waals surface area contributed by atoms with E-state index in [-0.39, 0.29) is 23.8 Å². The summed E-state index contributed by atoms with van der Waals surface area (Å²) < 4.78 is 5.48. The van der Waals surface area contributed by atoms with Gasteiger partial charge in [0.05, 0.1) is 6.26 Å². The van der Waals surface area contributed by atoms with Crippen molar-refractivity contribution in [2.45, 2.75) is 77.7 Å². The smallest absolute Gasteiger partial charge is 0.294 e. The van der Waals surface area contributed by atoms with Crippen molar-refractivity contribution >= 4 is 23.2 Å². The van der Waals surface area contributed by atoms with E-state index in [1.807, 2.05) is 29.2 Å². The monoisotopic (exact) mass is 555 g/mol. The highest BCUT2D eigenvalue weighted by Crippen LogP contribution is 2.31. The highest BCUT2D eigenvalue weighted by Gasteiger charge is 2.31. The Balaban J connectivity index is 1.14. The van der Waals surface area contributed by atoms with Gasteiger partial charge in [0, 0.05) is 36.4 Å². The van der Waals surface area contributed by atoms with Crippen molar-refractivity contribution in [1.82, 2.24) is 4.90 Å². The van der Waals surface area contributed by atoms with Crippen molar-refractivity contribution < 1.29 is 14.0 Å². The van der Waals surface area contributed by atoms with Gasteiger partial charge in [0.15, 0.2) is 5.76 Å². The Morgan fingerprint density at radius 3 is 2.39 bits per heavy atom. The van der Waals surface area contributed by atoms with Gasteiger partial charge in [0.1, 0.15) is 0 Å². The van der Waals surface area contributed by atoms with Gasteiger partial charge in [-0.2, -0.15) is 0 Å². The van der Waals surface area contributed by atoms with E-state index in [0.717, 1.165) is 56.7 Å². The Morgan fingerprint density at radius 2 is 1.68 bits per heavy atom. The fraction of sp³-hybridized carbons (Fsp3) is 0.486. The fourth-order valence-corrected chi connectivity index (χ4v) is 6.57. The normalized spacial score (nSPS) is 17.7. The van der Waals surface area contributed by atoms with Crippen molar-refractivity contribution in [2.24, 2.45) is 11.8 Å². The molecule has 1 aromatic heterocycles. The van der Waals surface area contributed by atoms with Crippen LogP contribution >= 0.6 is 0 Å². The molecule has 2 amide bonds. The molecule has 0 spiro atoms. The van der Waals surface area contributed by atoms with Crippen molar-refractivity contribution in [3.63, 3.8) is 0 Å². The first-order valence-corrected chi connectivity index (χ1v) is 15.5. The molecular formula is C35H45N3O3. The number of carbonyl (C=O) groups excluding carboxylic acids is 2. The third-order valence-corrected chi connectivity index (χ3v) is 9.15. The summed E-state index contributed by atoms with van der Waals surface area (Å²) in [4.78, 5) is 30.9. The van der Waals surface area contributed by atoms with Gasteiger partial charge in [-0.15, -0.1) is 0 Å². The zero-order valence-corrected chi connectivity index (χ0v) is 24.7. The number of amides is 2. The minimum Gasteiger partial charge on any atom is -0.459 e. The van der Waals surface area contributed by atoms with E-state index in [0.29, 0.717) is 11.7 Å². The third-order valence-electron chi connectivity index (χ3n) is 9.15. The molecule has 1 N–H and O–H groups in total. The molecule has 1 unspecified atom stereocenters. The van der Waals surface area contributed by atoms with Crippen LogP contribution in [0.5, 0.6) is 0 Å². The van der Waals surface area contributed by atoms with Gasteiger partial charge in [0.25, 0.3) is 5.91 Å². The predicted octanol–water partition coefficient (Wildman–Crippen LogP) is 7.49. The number of para-hydroxylation sites is 1. The molecule has 3 aromatic rings. The number of piperidine rings is 1. The van der Waals surface area contributed by atoms with Crippen molar-refractivity contribution in [3.8, 4) is 0 Å². The van der Waals surface area contributed by atoms with Crippen LogP contribution in [0, 0.1) is 18.8 Å². The molecule has 1 aliphatic carbocycles. The van der Waals surface area contributed by atoms with Crippen LogP contribution in [-0.2, 0) is 11.2 Å². The SMILES string of the molecule is Cc1ccc(N(C(=O)c2ccco2)C2CCN(CCCc3ccccc3NC(=O)C(C)C3CCCCC3)CC2)cc1. The lowest BCUT2D eigenvalue weighted by Crippen LogP contribution is -2.47. The number of hydrogen-bond acceptors (Lipinski definition) is 4. The van der Waals surface area contributed by atoms with Gasteiger partial charge in [-0.1, -0.05) is 62.1 Å². The van der Waals surface area contributed by atoms with Crippen LogP contribution in [0.15, 0.2) is 71.3 Å². The zero-order chi connectivity index (χ0) is 28.6. The summed E-state index contributed by atoms with van der Waals surface area (Å²) in [5.41, 5.74) is 4.27. The van der Waals surface area contributed by atoms with Crippen LogP contribution in [0.25, 0.3) is 0 Å². The Morgan fingerprint density at radius 1 is 0.951 bits per heavy atom. The molecule has 1 atom stereocenters. The molecule has 6 nitrogen and oxygen atoms in total. The first-order valence-electron chi connectivity index (χ1n) is 15.5. The molecule has 1 saturated heterocycles. The molecule has 1 aliphatic heterocycles. The van der Waals surface area contributed by atoms with Crippen molar-refractivity contribution in [3.05, 3.63) is 83.8 Å². The summed E-state index contributed by atoms with van der Waals surface area (Å²) in [5.74, 6) is 1.04. The van der Waals surface area contributed by atoms with Crippen molar-refractivity contribution in [1.29, 1.82) is 0 Å². The second-order valence-electron chi connectivity index (χ2n) is 12.0. The number of benzene rings is 2. The third kappa shape index (κ3) is 7.48. The molecule has 1 saturated carbocycles. The van der Waals surface area contributed by atoms with Gasteiger partial charge < -0.3 is 19.5 Å². The first kappa shape index (κ1) is 29.1. The maximum Gasteiger partial charge on any atom is 0.294 e. The number of anilines is 2. The number of nitrogens with zero attached hydrogens (tertiary/aromatic N) is 2. The average molecular weight is 556 g/mol. The second-order valence-corrected chi connectivity index (χ2v) is 12.0. The summed E-state index contributed by atoms with van der Waals surface area (Å²) in [6.07, 6.45) is 11.5. The molecule has 2 aromatic carbocycles. The summed E-state index contributed by atoms with van der Waals surface area (Å²) in [5, 5.41) is 3.26. The lowest BCUT2D eigenvalue weighted by Gasteiger charge is -2.38. The summed E-state index contributed by atoms with van der Waals surface area (Å²) >= 11 is 0. The molecule has 0 bridgehead atoms. The van der Waals surface area contributed by atoms with Crippen LogP contribution in [0.4, 0.5) is 11.4 Å². The van der Waals surface area contributed by atoms with E-state index in [1.54, 1.807) is 18.4 Å². The highest BCUT2D eigenvalue weighted by atomic mass is 16.3. The van der Waals surface area contributed by atoms with E-state index in [9.17, 15) is 9.59 Å². The highest BCUT2D eigenvalue weighted by molar-refractivity contribution is 6.04. The Hall–Kier alpha value is -3.38. The van der Waals surface area contributed by atoms with Crippen LogP contribution < -0.4 is 10.2 Å². The molecule has 2 heterocycles. The van der Waals surface area contributed by atoms with Crippen molar-refractivity contribution in [2.75, 3.05) is 29.9 Å². The first-order chi connectivity index (χ1) is 20.0. The second kappa shape index (κ2) is 14.0. The van der Waals surface area contributed by atoms with Gasteiger partial charge in [-0.25, -0.2) is 0 Å². The minimum absolute atomic E-state index is 0.0591. The summed E-state index contributed by atoms with van der Waals surface area (Å²) in [6.45, 7) is 7.07.